The minimum atomic E-state index is -0.416. The van der Waals surface area contributed by atoms with Gasteiger partial charge in [0.2, 0.25) is 0 Å². The zero-order valence-electron chi connectivity index (χ0n) is 42.8. The van der Waals surface area contributed by atoms with E-state index in [0.717, 1.165) is 50.8 Å². The lowest BCUT2D eigenvalue weighted by molar-refractivity contribution is -0.157. The van der Waals surface area contributed by atoms with E-state index in [1.165, 1.54) is 38.5 Å². The molecule has 1 spiro atoms. The van der Waals surface area contributed by atoms with E-state index in [9.17, 15) is 9.90 Å². The average Bonchev–Trinajstić information content (AvgIpc) is 3.79. The molecule has 7 aliphatic rings. The molecule has 58 heavy (non-hydrogen) atoms. The molecule has 4 nitrogen and oxygen atoms in total. The minimum absolute atomic E-state index is 0.0572. The number of aliphatic hydroxyl groups is 1. The SMILES string of the molecule is CC.CC.CC.CC.CC.CC.CC.CC.CC.CC.O=C1OC2(C3CCCC=C13)C1C=CC(N(CC3C=CCCC3)CC3C=CCCC3)CC1C1C=C(O)CCC12. The molecule has 0 aromatic heterocycles. The van der Waals surface area contributed by atoms with Crippen molar-refractivity contribution >= 4 is 5.97 Å². The molecule has 1 saturated carbocycles. The third kappa shape index (κ3) is 17.1. The van der Waals surface area contributed by atoms with Gasteiger partial charge in [0, 0.05) is 48.9 Å². The van der Waals surface area contributed by atoms with E-state index >= 15 is 0 Å². The van der Waals surface area contributed by atoms with Gasteiger partial charge in [-0.15, -0.1) is 0 Å². The fourth-order valence-corrected chi connectivity index (χ4v) is 9.67. The first-order valence-electron chi connectivity index (χ1n) is 25.7. The van der Waals surface area contributed by atoms with E-state index in [0.29, 0.717) is 47.8 Å². The Morgan fingerprint density at radius 2 is 1.12 bits per heavy atom. The van der Waals surface area contributed by atoms with Gasteiger partial charge in [0.05, 0.1) is 5.76 Å². The Balaban J connectivity index is -0.000000642. The Bertz CT molecular complexity index is 1060. The summed E-state index contributed by atoms with van der Waals surface area (Å²) < 4.78 is 6.57. The molecule has 344 valence electrons. The van der Waals surface area contributed by atoms with Crippen molar-refractivity contribution in [2.75, 3.05) is 13.1 Å². The Hall–Kier alpha value is -2.07. The van der Waals surface area contributed by atoms with Crippen molar-refractivity contribution in [3.63, 3.8) is 0 Å². The highest BCUT2D eigenvalue weighted by Gasteiger charge is 2.69. The van der Waals surface area contributed by atoms with Crippen LogP contribution in [0, 0.1) is 41.4 Å². The van der Waals surface area contributed by atoms with Crippen LogP contribution in [0.5, 0.6) is 0 Å². The number of allylic oxidation sites excluding steroid dienone is 5. The van der Waals surface area contributed by atoms with Gasteiger partial charge in [0.15, 0.2) is 0 Å². The lowest BCUT2D eigenvalue weighted by atomic mass is 9.66. The molecule has 0 bridgehead atoms. The zero-order valence-corrected chi connectivity index (χ0v) is 42.8. The highest BCUT2D eigenvalue weighted by atomic mass is 16.6. The van der Waals surface area contributed by atoms with E-state index < -0.39 is 5.60 Å². The molecule has 1 heterocycles. The fraction of sp³-hybridized carbons (Fsp3) is 0.796. The van der Waals surface area contributed by atoms with Crippen LogP contribution in [0.3, 0.4) is 0 Å². The van der Waals surface area contributed by atoms with Crippen LogP contribution < -0.4 is 0 Å². The van der Waals surface area contributed by atoms with Crippen LogP contribution in [0.1, 0.15) is 216 Å². The number of carbonyl (C=O) groups excluding carboxylic acids is 1. The topological polar surface area (TPSA) is 49.8 Å². The molecule has 6 aliphatic carbocycles. The molecule has 1 saturated heterocycles. The Labute approximate surface area is 365 Å². The van der Waals surface area contributed by atoms with E-state index in [1.807, 2.05) is 138 Å². The van der Waals surface area contributed by atoms with Crippen molar-refractivity contribution < 1.29 is 14.6 Å². The van der Waals surface area contributed by atoms with Crippen molar-refractivity contribution in [3.8, 4) is 0 Å². The van der Waals surface area contributed by atoms with Crippen LogP contribution in [0.2, 0.25) is 0 Å². The first-order valence-corrected chi connectivity index (χ1v) is 25.7. The molecular weight excluding hydrogens is 711 g/mol. The Kier molecular flexibility index (Phi) is 43.5. The summed E-state index contributed by atoms with van der Waals surface area (Å²) in [5, 5.41) is 10.7. The predicted octanol–water partition coefficient (Wildman–Crippen LogP) is 17.3. The summed E-state index contributed by atoms with van der Waals surface area (Å²) in [5.74, 6) is 3.28. The van der Waals surface area contributed by atoms with Gasteiger partial charge in [-0.25, -0.2) is 4.79 Å². The molecule has 0 amide bonds. The lowest BCUT2D eigenvalue weighted by Crippen LogP contribution is -2.49. The molecule has 0 radical (unpaired) electrons. The smallest absolute Gasteiger partial charge is 0.334 e. The van der Waals surface area contributed by atoms with E-state index in [1.54, 1.807) is 0 Å². The first-order chi connectivity index (χ1) is 28.6. The van der Waals surface area contributed by atoms with Crippen molar-refractivity contribution in [1.29, 1.82) is 0 Å². The average molecular weight is 816 g/mol. The largest absolute Gasteiger partial charge is 0.513 e. The van der Waals surface area contributed by atoms with Crippen LogP contribution in [0.25, 0.3) is 0 Å². The van der Waals surface area contributed by atoms with Crippen molar-refractivity contribution in [3.05, 3.63) is 59.9 Å². The minimum Gasteiger partial charge on any atom is -0.513 e. The van der Waals surface area contributed by atoms with E-state index in [-0.39, 0.29) is 17.8 Å². The van der Waals surface area contributed by atoms with E-state index in [2.05, 4.69) is 53.5 Å². The number of aliphatic hydroxyl groups excluding tert-OH is 1. The highest BCUT2D eigenvalue weighted by molar-refractivity contribution is 5.92. The molecule has 1 aliphatic heterocycles. The third-order valence-corrected chi connectivity index (χ3v) is 11.3. The number of hydrogen-bond acceptors (Lipinski definition) is 4. The molecule has 0 aromatic carbocycles. The molecule has 0 aromatic rings. The summed E-state index contributed by atoms with van der Waals surface area (Å²) >= 11 is 0. The number of rotatable bonds is 5. The maximum absolute atomic E-state index is 13.2. The predicted molar refractivity (Wildman–Crippen MR) is 264 cm³/mol. The summed E-state index contributed by atoms with van der Waals surface area (Å²) in [5.41, 5.74) is 0.542. The second-order valence-corrected chi connectivity index (χ2v) is 13.3. The molecule has 2 fully saturated rings. The number of fused-ring (bicyclic) bond motifs is 7. The monoisotopic (exact) mass is 816 g/mol. The normalized spacial score (nSPS) is 29.5. The highest BCUT2D eigenvalue weighted by Crippen LogP contribution is 2.65. The van der Waals surface area contributed by atoms with Crippen LogP contribution in [0.15, 0.2) is 59.9 Å². The van der Waals surface area contributed by atoms with Gasteiger partial charge in [-0.2, -0.15) is 0 Å². The van der Waals surface area contributed by atoms with Gasteiger partial charge < -0.3 is 9.84 Å². The summed E-state index contributed by atoms with van der Waals surface area (Å²) in [6.07, 6.45) is 32.7. The first kappa shape index (κ1) is 62.6. The van der Waals surface area contributed by atoms with Crippen molar-refractivity contribution in [2.24, 2.45) is 41.4 Å². The number of carbonyl (C=O) groups is 1. The summed E-state index contributed by atoms with van der Waals surface area (Å²) in [6, 6.07) is 0.411. The van der Waals surface area contributed by atoms with Crippen molar-refractivity contribution in [1.82, 2.24) is 4.90 Å². The van der Waals surface area contributed by atoms with Gasteiger partial charge in [0.1, 0.15) is 5.60 Å². The molecule has 1 N–H and O–H groups in total. The summed E-state index contributed by atoms with van der Waals surface area (Å²) in [6.45, 7) is 42.3. The van der Waals surface area contributed by atoms with Crippen LogP contribution in [-0.2, 0) is 9.53 Å². The molecule has 7 rings (SSSR count). The fourth-order valence-electron chi connectivity index (χ4n) is 9.67. The van der Waals surface area contributed by atoms with Gasteiger partial charge in [-0.3, -0.25) is 4.90 Å². The lowest BCUT2D eigenvalue weighted by Gasteiger charge is -2.43. The van der Waals surface area contributed by atoms with Gasteiger partial charge in [-0.05, 0) is 100 Å². The van der Waals surface area contributed by atoms with Gasteiger partial charge >= 0.3 is 5.97 Å². The standard InChI is InChI=1S/C34H45NO3.10C2H6/c36-26-16-18-32-29(20-26)28-19-25(15-17-31(28)34(32)30-14-8-7-13-27(30)33(37)38-34)35(21-23-9-3-1-4-10-23)22-24-11-5-2-6-12-24;10*1-2/h3,5,9,11,13,15,17,20,23-25,28-32,36H,1-2,4,6-8,10,12,14,16,18-19,21-22H2;10*1-2H3. The number of ether oxygens (including phenoxy) is 1. The Morgan fingerprint density at radius 1 is 0.638 bits per heavy atom. The van der Waals surface area contributed by atoms with Crippen molar-refractivity contribution in [2.45, 2.75) is 227 Å². The number of nitrogens with zero attached hydrogens (tertiary/aromatic N) is 1. The number of esters is 1. The number of hydrogen-bond donors (Lipinski definition) is 1. The third-order valence-electron chi connectivity index (χ3n) is 11.3. The maximum atomic E-state index is 13.2. The molecule has 9 unspecified atom stereocenters. The van der Waals surface area contributed by atoms with Gasteiger partial charge in [0.25, 0.3) is 0 Å². The quantitative estimate of drug-likeness (QED) is 0.222. The summed E-state index contributed by atoms with van der Waals surface area (Å²) in [7, 11) is 0. The molecule has 9 atom stereocenters. The Morgan fingerprint density at radius 3 is 1.59 bits per heavy atom. The van der Waals surface area contributed by atoms with E-state index in [4.69, 9.17) is 4.74 Å². The van der Waals surface area contributed by atoms with Crippen LogP contribution in [0.4, 0.5) is 0 Å². The zero-order chi connectivity index (χ0) is 45.7. The maximum Gasteiger partial charge on any atom is 0.334 e. The second-order valence-electron chi connectivity index (χ2n) is 13.3. The van der Waals surface area contributed by atoms with Gasteiger partial charge in [-0.1, -0.05) is 181 Å². The molecular formula is C54H105NO3. The second kappa shape index (κ2) is 40.3. The van der Waals surface area contributed by atoms with Crippen LogP contribution >= 0.6 is 0 Å². The molecule has 4 heteroatoms. The van der Waals surface area contributed by atoms with Crippen LogP contribution in [-0.4, -0.2) is 40.7 Å². The summed E-state index contributed by atoms with van der Waals surface area (Å²) in [4.78, 5) is 16.0.